The van der Waals surface area contributed by atoms with Crippen LogP contribution in [0.25, 0.3) is 0 Å². The van der Waals surface area contributed by atoms with Gasteiger partial charge in [0.05, 0.1) is 0 Å². The zero-order chi connectivity index (χ0) is 15.0. The number of carbonyl (C=O) groups is 1. The van der Waals surface area contributed by atoms with E-state index in [-0.39, 0.29) is 17.9 Å². The number of amides is 1. The minimum atomic E-state index is -0.104. The van der Waals surface area contributed by atoms with Crippen LogP contribution >= 0.6 is 27.5 Å². The van der Waals surface area contributed by atoms with Gasteiger partial charge in [0.1, 0.15) is 5.75 Å². The Morgan fingerprint density at radius 1 is 1.30 bits per heavy atom. The van der Waals surface area contributed by atoms with Crippen molar-refractivity contribution >= 4 is 33.4 Å². The molecule has 0 spiro atoms. The number of carbonyl (C=O) groups excluding carboxylic acids is 1. The molecule has 0 heterocycles. The quantitative estimate of drug-likeness (QED) is 0.709. The lowest BCUT2D eigenvalue weighted by molar-refractivity contribution is -0.123. The van der Waals surface area contributed by atoms with Crippen LogP contribution in [0, 0.1) is 5.41 Å². The molecule has 5 heteroatoms. The van der Waals surface area contributed by atoms with Crippen molar-refractivity contribution < 1.29 is 9.53 Å². The van der Waals surface area contributed by atoms with Crippen molar-refractivity contribution in [1.82, 2.24) is 5.32 Å². The van der Waals surface area contributed by atoms with E-state index >= 15 is 0 Å². The predicted molar refractivity (Wildman–Crippen MR) is 86.8 cm³/mol. The van der Waals surface area contributed by atoms with Crippen molar-refractivity contribution in [3.63, 3.8) is 0 Å². The monoisotopic (exact) mass is 361 g/mol. The van der Waals surface area contributed by atoms with Gasteiger partial charge in [-0.25, -0.2) is 0 Å². The minimum absolute atomic E-state index is 0.0213. The molecule has 0 aliphatic heterocycles. The first kappa shape index (κ1) is 17.3. The fraction of sp³-hybridized carbons (Fsp3) is 0.533. The lowest BCUT2D eigenvalue weighted by Crippen LogP contribution is -2.40. The minimum Gasteiger partial charge on any atom is -0.484 e. The van der Waals surface area contributed by atoms with Crippen molar-refractivity contribution in [2.75, 3.05) is 18.5 Å². The number of hydrogen-bond donors (Lipinski definition) is 1. The van der Waals surface area contributed by atoms with Crippen LogP contribution in [0.1, 0.15) is 26.7 Å². The van der Waals surface area contributed by atoms with Gasteiger partial charge in [0.2, 0.25) is 0 Å². The fourth-order valence-corrected chi connectivity index (χ4v) is 2.87. The third kappa shape index (κ3) is 5.33. The lowest BCUT2D eigenvalue weighted by Gasteiger charge is -2.29. The summed E-state index contributed by atoms with van der Waals surface area (Å²) in [4.78, 5) is 11.8. The van der Waals surface area contributed by atoms with Crippen LogP contribution in [-0.4, -0.2) is 24.4 Å². The Hall–Kier alpha value is -0.740. The summed E-state index contributed by atoms with van der Waals surface area (Å²) in [5.74, 6) is 0.537. The molecule has 1 aromatic rings. The number of ether oxygens (including phenoxy) is 1. The zero-order valence-corrected chi connectivity index (χ0v) is 14.3. The average Bonchev–Trinajstić information content (AvgIpc) is 2.48. The lowest BCUT2D eigenvalue weighted by atomic mass is 9.84. The highest BCUT2D eigenvalue weighted by molar-refractivity contribution is 9.09. The van der Waals surface area contributed by atoms with Crippen molar-refractivity contribution in [1.29, 1.82) is 0 Å². The Morgan fingerprint density at radius 3 is 2.40 bits per heavy atom. The molecule has 1 amide bonds. The highest BCUT2D eigenvalue weighted by Gasteiger charge is 2.25. The maximum Gasteiger partial charge on any atom is 0.257 e. The van der Waals surface area contributed by atoms with E-state index < -0.39 is 0 Å². The summed E-state index contributed by atoms with van der Waals surface area (Å²) < 4.78 is 5.41. The number of hydrogen-bond acceptors (Lipinski definition) is 2. The third-order valence-corrected chi connectivity index (χ3v) is 5.07. The van der Waals surface area contributed by atoms with Crippen LogP contribution in [0.5, 0.6) is 5.75 Å². The van der Waals surface area contributed by atoms with Gasteiger partial charge >= 0.3 is 0 Å². The van der Waals surface area contributed by atoms with E-state index in [0.717, 1.165) is 18.2 Å². The number of benzene rings is 1. The molecule has 0 aliphatic rings. The summed E-state index contributed by atoms with van der Waals surface area (Å²) in [6, 6.07) is 6.96. The Bertz CT molecular complexity index is 410. The second-order valence-electron chi connectivity index (χ2n) is 4.86. The summed E-state index contributed by atoms with van der Waals surface area (Å²) >= 11 is 9.31. The molecular formula is C15H21BrClNO2. The van der Waals surface area contributed by atoms with E-state index in [2.05, 4.69) is 35.1 Å². The first-order valence-electron chi connectivity index (χ1n) is 6.76. The summed E-state index contributed by atoms with van der Waals surface area (Å²) in [6.07, 6.45) is 2.04. The smallest absolute Gasteiger partial charge is 0.257 e. The topological polar surface area (TPSA) is 38.3 Å². The number of nitrogens with one attached hydrogen (secondary N) is 1. The van der Waals surface area contributed by atoms with Gasteiger partial charge in [-0.3, -0.25) is 4.79 Å². The van der Waals surface area contributed by atoms with Crippen LogP contribution in [-0.2, 0) is 4.79 Å². The fourth-order valence-electron chi connectivity index (χ4n) is 1.75. The molecule has 1 N–H and O–H groups in total. The highest BCUT2D eigenvalue weighted by Crippen LogP contribution is 2.27. The number of halogens is 2. The van der Waals surface area contributed by atoms with Gasteiger partial charge in [0, 0.05) is 16.9 Å². The predicted octanol–water partition coefficient (Wildman–Crippen LogP) is 4.04. The molecular weight excluding hydrogens is 342 g/mol. The van der Waals surface area contributed by atoms with Crippen molar-refractivity contribution in [3.8, 4) is 5.75 Å². The average molecular weight is 363 g/mol. The maximum atomic E-state index is 11.8. The van der Waals surface area contributed by atoms with E-state index in [9.17, 15) is 4.79 Å². The normalized spacial score (nSPS) is 11.2. The van der Waals surface area contributed by atoms with Crippen LogP contribution in [0.4, 0.5) is 0 Å². The molecule has 1 rings (SSSR count). The number of alkyl halides is 1. The van der Waals surface area contributed by atoms with E-state index in [4.69, 9.17) is 16.3 Å². The second kappa shape index (κ2) is 8.53. The Balaban J connectivity index is 2.38. The standard InChI is InChI=1S/C15H21BrClNO2/c1-3-15(4-2,10-16)11-18-14(19)9-20-13-7-5-12(17)6-8-13/h5-8H,3-4,9-11H2,1-2H3,(H,18,19). The zero-order valence-electron chi connectivity index (χ0n) is 11.9. The molecule has 0 unspecified atom stereocenters. The molecule has 0 radical (unpaired) electrons. The highest BCUT2D eigenvalue weighted by atomic mass is 79.9. The molecule has 0 atom stereocenters. The summed E-state index contributed by atoms with van der Waals surface area (Å²) in [5, 5.41) is 4.47. The molecule has 0 saturated heterocycles. The molecule has 3 nitrogen and oxygen atoms in total. The second-order valence-corrected chi connectivity index (χ2v) is 5.86. The maximum absolute atomic E-state index is 11.8. The number of rotatable bonds is 8. The van der Waals surface area contributed by atoms with Gasteiger partial charge in [-0.1, -0.05) is 41.4 Å². The van der Waals surface area contributed by atoms with E-state index in [1.54, 1.807) is 24.3 Å². The van der Waals surface area contributed by atoms with Gasteiger partial charge in [0.25, 0.3) is 5.91 Å². The summed E-state index contributed by atoms with van der Waals surface area (Å²) in [7, 11) is 0. The van der Waals surface area contributed by atoms with E-state index in [1.807, 2.05) is 0 Å². The van der Waals surface area contributed by atoms with Crippen molar-refractivity contribution in [3.05, 3.63) is 29.3 Å². The van der Waals surface area contributed by atoms with Gasteiger partial charge in [-0.15, -0.1) is 0 Å². The first-order valence-corrected chi connectivity index (χ1v) is 8.26. The van der Waals surface area contributed by atoms with Crippen LogP contribution < -0.4 is 10.1 Å². The molecule has 0 bridgehead atoms. The molecule has 0 fully saturated rings. The van der Waals surface area contributed by atoms with Gasteiger partial charge in [0.15, 0.2) is 6.61 Å². The molecule has 0 aromatic heterocycles. The third-order valence-electron chi connectivity index (χ3n) is 3.63. The SMILES string of the molecule is CCC(CC)(CBr)CNC(=O)COc1ccc(Cl)cc1. The molecule has 0 aliphatic carbocycles. The van der Waals surface area contributed by atoms with Crippen LogP contribution in [0.2, 0.25) is 5.02 Å². The summed E-state index contributed by atoms with van der Waals surface area (Å²) in [5.41, 5.74) is 0.121. The van der Waals surface area contributed by atoms with Crippen molar-refractivity contribution in [2.45, 2.75) is 26.7 Å². The van der Waals surface area contributed by atoms with Gasteiger partial charge in [-0.2, -0.15) is 0 Å². The van der Waals surface area contributed by atoms with Gasteiger partial charge < -0.3 is 10.1 Å². The first-order chi connectivity index (χ1) is 9.55. The molecule has 112 valence electrons. The summed E-state index contributed by atoms with van der Waals surface area (Å²) in [6.45, 7) is 4.96. The van der Waals surface area contributed by atoms with Crippen LogP contribution in [0.15, 0.2) is 24.3 Å². The Labute approximate surface area is 134 Å². The molecule has 1 aromatic carbocycles. The molecule has 0 saturated carbocycles. The van der Waals surface area contributed by atoms with E-state index in [1.165, 1.54) is 0 Å². The van der Waals surface area contributed by atoms with Crippen LogP contribution in [0.3, 0.4) is 0 Å². The Morgan fingerprint density at radius 2 is 1.90 bits per heavy atom. The molecule has 20 heavy (non-hydrogen) atoms. The van der Waals surface area contributed by atoms with E-state index in [0.29, 0.717) is 17.3 Å². The van der Waals surface area contributed by atoms with Gasteiger partial charge in [-0.05, 0) is 42.5 Å². The van der Waals surface area contributed by atoms with Crippen molar-refractivity contribution in [2.24, 2.45) is 5.41 Å². The Kier molecular flexibility index (Phi) is 7.38. The largest absolute Gasteiger partial charge is 0.484 e.